The normalized spacial score (nSPS) is 27.5. The van der Waals surface area contributed by atoms with E-state index in [9.17, 15) is 18.0 Å². The van der Waals surface area contributed by atoms with Crippen molar-refractivity contribution in [2.45, 2.75) is 38.3 Å². The summed E-state index contributed by atoms with van der Waals surface area (Å²) in [7, 11) is -3.03. The number of ether oxygens (including phenoxy) is 1. The van der Waals surface area contributed by atoms with E-state index in [0.29, 0.717) is 26.1 Å². The molecule has 2 amide bonds. The second-order valence-corrected chi connectivity index (χ2v) is 7.79. The summed E-state index contributed by atoms with van der Waals surface area (Å²) in [5.41, 5.74) is 0. The minimum absolute atomic E-state index is 0.0201. The second-order valence-electron chi connectivity index (χ2n) is 5.56. The van der Waals surface area contributed by atoms with Gasteiger partial charge >= 0.3 is 0 Å². The molecule has 2 heterocycles. The number of carbonyl (C=O) groups is 2. The SMILES string of the molecule is CC(=O)N(CCNC(=O)C1CCCO1)C1CCS(=O)(=O)C1. The quantitative estimate of drug-likeness (QED) is 0.725. The molecular weight excluding hydrogens is 296 g/mol. The zero-order chi connectivity index (χ0) is 15.5. The van der Waals surface area contributed by atoms with Crippen LogP contribution in [0.15, 0.2) is 0 Å². The Balaban J connectivity index is 1.81. The molecule has 2 unspecified atom stereocenters. The number of nitrogens with one attached hydrogen (secondary N) is 1. The number of carbonyl (C=O) groups excluding carboxylic acids is 2. The molecule has 1 N–H and O–H groups in total. The molecule has 0 spiro atoms. The lowest BCUT2D eigenvalue weighted by molar-refractivity contribution is -0.133. The van der Waals surface area contributed by atoms with Crippen LogP contribution >= 0.6 is 0 Å². The summed E-state index contributed by atoms with van der Waals surface area (Å²) in [6.45, 7) is 2.67. The number of hydrogen-bond acceptors (Lipinski definition) is 5. The highest BCUT2D eigenvalue weighted by Crippen LogP contribution is 2.17. The van der Waals surface area contributed by atoms with Gasteiger partial charge in [0.25, 0.3) is 0 Å². The van der Waals surface area contributed by atoms with Gasteiger partial charge < -0.3 is 15.0 Å². The van der Waals surface area contributed by atoms with E-state index in [2.05, 4.69) is 5.32 Å². The van der Waals surface area contributed by atoms with Crippen molar-refractivity contribution in [2.24, 2.45) is 0 Å². The first-order valence-electron chi connectivity index (χ1n) is 7.26. The molecule has 0 aromatic carbocycles. The fourth-order valence-electron chi connectivity index (χ4n) is 2.82. The highest BCUT2D eigenvalue weighted by atomic mass is 32.2. The van der Waals surface area contributed by atoms with Crippen molar-refractivity contribution in [3.8, 4) is 0 Å². The van der Waals surface area contributed by atoms with E-state index in [0.717, 1.165) is 12.8 Å². The van der Waals surface area contributed by atoms with E-state index >= 15 is 0 Å². The standard InChI is InChI=1S/C13H22N2O5S/c1-10(16)15(11-4-8-21(18,19)9-11)6-5-14-13(17)12-3-2-7-20-12/h11-12H,2-9H2,1H3,(H,14,17). The van der Waals surface area contributed by atoms with E-state index < -0.39 is 9.84 Å². The van der Waals surface area contributed by atoms with Crippen molar-refractivity contribution in [3.05, 3.63) is 0 Å². The maximum Gasteiger partial charge on any atom is 0.249 e. The van der Waals surface area contributed by atoms with E-state index in [1.165, 1.54) is 6.92 Å². The van der Waals surface area contributed by atoms with Crippen molar-refractivity contribution >= 4 is 21.7 Å². The Bertz CT molecular complexity index is 499. The molecule has 2 rings (SSSR count). The Morgan fingerprint density at radius 1 is 1.33 bits per heavy atom. The minimum Gasteiger partial charge on any atom is -0.368 e. The van der Waals surface area contributed by atoms with Crippen LogP contribution in [0.3, 0.4) is 0 Å². The molecule has 21 heavy (non-hydrogen) atoms. The average molecular weight is 318 g/mol. The lowest BCUT2D eigenvalue weighted by Gasteiger charge is -2.27. The zero-order valence-electron chi connectivity index (χ0n) is 12.2. The lowest BCUT2D eigenvalue weighted by atomic mass is 10.2. The maximum atomic E-state index is 11.8. The summed E-state index contributed by atoms with van der Waals surface area (Å²) >= 11 is 0. The first kappa shape index (κ1) is 16.2. The third kappa shape index (κ3) is 4.41. The van der Waals surface area contributed by atoms with Gasteiger partial charge in [-0.05, 0) is 19.3 Å². The molecule has 0 aromatic heterocycles. The predicted molar refractivity (Wildman–Crippen MR) is 76.4 cm³/mol. The average Bonchev–Trinajstić information content (AvgIpc) is 3.03. The smallest absolute Gasteiger partial charge is 0.249 e. The number of rotatable bonds is 5. The number of amides is 2. The fourth-order valence-corrected chi connectivity index (χ4v) is 4.55. The molecule has 2 atom stereocenters. The molecule has 2 aliphatic heterocycles. The van der Waals surface area contributed by atoms with Gasteiger partial charge in [-0.25, -0.2) is 8.42 Å². The van der Waals surface area contributed by atoms with Crippen LogP contribution in [0.1, 0.15) is 26.2 Å². The van der Waals surface area contributed by atoms with Crippen LogP contribution in [0.2, 0.25) is 0 Å². The van der Waals surface area contributed by atoms with E-state index in [1.54, 1.807) is 4.90 Å². The predicted octanol–water partition coefficient (Wildman–Crippen LogP) is -0.683. The molecule has 120 valence electrons. The van der Waals surface area contributed by atoms with Gasteiger partial charge in [0.05, 0.1) is 11.5 Å². The van der Waals surface area contributed by atoms with Crippen LogP contribution in [-0.4, -0.2) is 68.5 Å². The number of sulfone groups is 1. The summed E-state index contributed by atoms with van der Waals surface area (Å²) in [4.78, 5) is 25.0. The Kier molecular flexibility index (Phi) is 5.21. The van der Waals surface area contributed by atoms with Gasteiger partial charge in [-0.3, -0.25) is 9.59 Å². The Labute approximate surface area is 124 Å². The summed E-state index contributed by atoms with van der Waals surface area (Å²) in [5, 5.41) is 2.75. The Hall–Kier alpha value is -1.15. The molecule has 2 fully saturated rings. The summed E-state index contributed by atoms with van der Waals surface area (Å²) in [6.07, 6.45) is 1.70. The third-order valence-electron chi connectivity index (χ3n) is 3.93. The monoisotopic (exact) mass is 318 g/mol. The van der Waals surface area contributed by atoms with E-state index in [-0.39, 0.29) is 35.5 Å². The molecule has 0 radical (unpaired) electrons. The van der Waals surface area contributed by atoms with Crippen molar-refractivity contribution in [3.63, 3.8) is 0 Å². The van der Waals surface area contributed by atoms with Gasteiger partial charge in [0.1, 0.15) is 6.10 Å². The highest BCUT2D eigenvalue weighted by molar-refractivity contribution is 7.91. The lowest BCUT2D eigenvalue weighted by Crippen LogP contribution is -2.45. The summed E-state index contributed by atoms with van der Waals surface area (Å²) < 4.78 is 28.3. The molecule has 7 nitrogen and oxygen atoms in total. The molecule has 0 aliphatic carbocycles. The topological polar surface area (TPSA) is 92.8 Å². The van der Waals surface area contributed by atoms with Gasteiger partial charge in [-0.1, -0.05) is 0 Å². The number of nitrogens with zero attached hydrogens (tertiary/aromatic N) is 1. The summed E-state index contributed by atoms with van der Waals surface area (Å²) in [6, 6.07) is -0.271. The maximum absolute atomic E-state index is 11.8. The van der Waals surface area contributed by atoms with Crippen LogP contribution in [0.5, 0.6) is 0 Å². The third-order valence-corrected chi connectivity index (χ3v) is 5.68. The Morgan fingerprint density at radius 3 is 2.62 bits per heavy atom. The summed E-state index contributed by atoms with van der Waals surface area (Å²) in [5.74, 6) is -0.172. The van der Waals surface area contributed by atoms with Crippen LogP contribution in [0, 0.1) is 0 Å². The molecule has 8 heteroatoms. The van der Waals surface area contributed by atoms with Crippen LogP contribution in [0.25, 0.3) is 0 Å². The molecule has 0 bridgehead atoms. The van der Waals surface area contributed by atoms with Crippen LogP contribution < -0.4 is 5.32 Å². The van der Waals surface area contributed by atoms with Gasteiger partial charge in [0.15, 0.2) is 9.84 Å². The highest BCUT2D eigenvalue weighted by Gasteiger charge is 2.33. The molecule has 2 saturated heterocycles. The molecule has 2 aliphatic rings. The van der Waals surface area contributed by atoms with Crippen molar-refractivity contribution in [1.29, 1.82) is 0 Å². The fraction of sp³-hybridized carbons (Fsp3) is 0.846. The van der Waals surface area contributed by atoms with Crippen molar-refractivity contribution in [1.82, 2.24) is 10.2 Å². The second kappa shape index (κ2) is 6.74. The van der Waals surface area contributed by atoms with Gasteiger partial charge in [-0.15, -0.1) is 0 Å². The first-order chi connectivity index (χ1) is 9.89. The number of hydrogen-bond donors (Lipinski definition) is 1. The largest absolute Gasteiger partial charge is 0.368 e. The van der Waals surface area contributed by atoms with Crippen LogP contribution in [0.4, 0.5) is 0 Å². The zero-order valence-corrected chi connectivity index (χ0v) is 13.0. The molecule has 0 saturated carbocycles. The molecule has 0 aromatic rings. The Morgan fingerprint density at radius 2 is 2.10 bits per heavy atom. The van der Waals surface area contributed by atoms with Gasteiger partial charge in [0.2, 0.25) is 11.8 Å². The molecular formula is C13H22N2O5S. The van der Waals surface area contributed by atoms with Crippen molar-refractivity contribution in [2.75, 3.05) is 31.2 Å². The van der Waals surface area contributed by atoms with E-state index in [1.807, 2.05) is 0 Å². The van der Waals surface area contributed by atoms with Gasteiger partial charge in [-0.2, -0.15) is 0 Å². The van der Waals surface area contributed by atoms with Gasteiger partial charge in [0, 0.05) is 32.7 Å². The van der Waals surface area contributed by atoms with E-state index in [4.69, 9.17) is 4.74 Å². The minimum atomic E-state index is -3.03. The van der Waals surface area contributed by atoms with Crippen molar-refractivity contribution < 1.29 is 22.7 Å². The van der Waals surface area contributed by atoms with Crippen LogP contribution in [-0.2, 0) is 24.2 Å². The first-order valence-corrected chi connectivity index (χ1v) is 9.08.